The van der Waals surface area contributed by atoms with Gasteiger partial charge in [-0.25, -0.2) is 8.42 Å². The molecule has 2 aliphatic heterocycles. The summed E-state index contributed by atoms with van der Waals surface area (Å²) in [6.07, 6.45) is 0.270. The van der Waals surface area contributed by atoms with Crippen molar-refractivity contribution in [1.82, 2.24) is 14.5 Å². The monoisotopic (exact) mass is 491 g/mol. The van der Waals surface area contributed by atoms with Crippen molar-refractivity contribution in [2.45, 2.75) is 25.4 Å². The van der Waals surface area contributed by atoms with Gasteiger partial charge in [-0.05, 0) is 31.1 Å². The Morgan fingerprint density at radius 2 is 2.10 bits per heavy atom. The predicted octanol–water partition coefficient (Wildman–Crippen LogP) is 1.16. The Labute approximate surface area is 191 Å². The molecule has 1 N–H and O–H groups in total. The number of thiophene rings is 1. The van der Waals surface area contributed by atoms with Gasteiger partial charge in [0.2, 0.25) is 21.8 Å². The maximum atomic E-state index is 13.0. The number of carbonyl (C=O) groups is 2. The maximum Gasteiger partial charge on any atom is 0.247 e. The van der Waals surface area contributed by atoms with Crippen LogP contribution in [-0.2, 0) is 29.1 Å². The summed E-state index contributed by atoms with van der Waals surface area (Å²) < 4.78 is 38.7. The molecule has 0 bridgehead atoms. The lowest BCUT2D eigenvalue weighted by Gasteiger charge is -2.34. The van der Waals surface area contributed by atoms with Crippen LogP contribution in [-0.4, -0.2) is 88.7 Å². The Hall–Kier alpha value is -1.50. The number of methoxy groups -OCH3 is 1. The normalized spacial score (nSPS) is 21.6. The Morgan fingerprint density at radius 3 is 2.71 bits per heavy atom. The van der Waals surface area contributed by atoms with E-state index in [2.05, 4.69) is 4.72 Å². The third kappa shape index (κ3) is 6.05. The largest absolute Gasteiger partial charge is 0.382 e. The summed E-state index contributed by atoms with van der Waals surface area (Å²) in [6.45, 7) is 3.77. The number of hydrogen-bond acceptors (Lipinski definition) is 7. The van der Waals surface area contributed by atoms with Gasteiger partial charge in [0.05, 0.1) is 29.6 Å². The Balaban J connectivity index is 1.69. The second-order valence-corrected chi connectivity index (χ2v) is 10.6. The Bertz CT molecular complexity index is 942. The number of ether oxygens (including phenoxy) is 2. The zero-order valence-electron chi connectivity index (χ0n) is 17.4. The molecular weight excluding hydrogens is 466 g/mol. The minimum Gasteiger partial charge on any atom is -0.382 e. The van der Waals surface area contributed by atoms with E-state index in [-0.39, 0.29) is 25.5 Å². The molecule has 0 unspecified atom stereocenters. The SMILES string of the molecule is COC[C@@H](C(=O)N1CCOCC1)N1CC[C@H](NS(=O)(=O)/C=C(\C)c2ccc(Cl)s2)C1=O. The lowest BCUT2D eigenvalue weighted by atomic mass is 10.2. The number of amides is 2. The number of likely N-dealkylation sites (tertiary alicyclic amines) is 1. The van der Waals surface area contributed by atoms with Gasteiger partial charge in [0, 0.05) is 31.6 Å². The van der Waals surface area contributed by atoms with Crippen molar-refractivity contribution in [2.24, 2.45) is 0 Å². The molecule has 0 aliphatic carbocycles. The second-order valence-electron chi connectivity index (χ2n) is 7.35. The Morgan fingerprint density at radius 1 is 1.39 bits per heavy atom. The van der Waals surface area contributed by atoms with Crippen LogP contribution in [0.15, 0.2) is 17.5 Å². The first kappa shape index (κ1) is 24.1. The molecule has 2 atom stereocenters. The van der Waals surface area contributed by atoms with Crippen molar-refractivity contribution in [3.63, 3.8) is 0 Å². The molecule has 2 fully saturated rings. The van der Waals surface area contributed by atoms with Crippen LogP contribution in [0.5, 0.6) is 0 Å². The van der Waals surface area contributed by atoms with Crippen molar-refractivity contribution < 1.29 is 27.5 Å². The van der Waals surface area contributed by atoms with Crippen molar-refractivity contribution in [1.29, 1.82) is 0 Å². The highest BCUT2D eigenvalue weighted by Crippen LogP contribution is 2.28. The molecule has 2 amide bonds. The lowest BCUT2D eigenvalue weighted by Crippen LogP contribution is -2.55. The van der Waals surface area contributed by atoms with Gasteiger partial charge < -0.3 is 19.3 Å². The van der Waals surface area contributed by atoms with E-state index < -0.39 is 28.0 Å². The van der Waals surface area contributed by atoms with Gasteiger partial charge in [-0.1, -0.05) is 11.6 Å². The van der Waals surface area contributed by atoms with E-state index >= 15 is 0 Å². The van der Waals surface area contributed by atoms with Crippen molar-refractivity contribution >= 4 is 50.3 Å². The fourth-order valence-corrected chi connectivity index (χ4v) is 5.98. The standard InChI is InChI=1S/C19H26ClN3O6S2/c1-13(16-3-4-17(20)30-16)12-31(26,27)21-14-5-6-23(18(14)24)15(11-28-2)19(25)22-7-9-29-10-8-22/h3-4,12,14-15,21H,5-11H2,1-2H3/b13-12+/t14-,15-/m0/s1. The van der Waals surface area contributed by atoms with E-state index in [9.17, 15) is 18.0 Å². The fraction of sp³-hybridized carbons (Fsp3) is 0.579. The number of nitrogens with zero attached hydrogens (tertiary/aromatic N) is 2. The van der Waals surface area contributed by atoms with Gasteiger partial charge in [-0.3, -0.25) is 9.59 Å². The lowest BCUT2D eigenvalue weighted by molar-refractivity contribution is -0.148. The van der Waals surface area contributed by atoms with Gasteiger partial charge in [0.25, 0.3) is 0 Å². The van der Waals surface area contributed by atoms with Crippen molar-refractivity contribution in [3.8, 4) is 0 Å². The number of morpholine rings is 1. The summed E-state index contributed by atoms with van der Waals surface area (Å²) in [5.41, 5.74) is 0.520. The summed E-state index contributed by atoms with van der Waals surface area (Å²) in [5.74, 6) is -0.648. The second kappa shape index (κ2) is 10.4. The predicted molar refractivity (Wildman–Crippen MR) is 118 cm³/mol. The number of rotatable bonds is 8. The van der Waals surface area contributed by atoms with Crippen LogP contribution in [0.25, 0.3) is 5.57 Å². The molecular formula is C19H26ClN3O6S2. The zero-order chi connectivity index (χ0) is 22.6. The minimum atomic E-state index is -3.88. The molecule has 2 saturated heterocycles. The van der Waals surface area contributed by atoms with Crippen molar-refractivity contribution in [3.05, 3.63) is 26.8 Å². The van der Waals surface area contributed by atoms with Gasteiger partial charge in [0.1, 0.15) is 12.1 Å². The first-order chi connectivity index (χ1) is 14.7. The van der Waals surface area contributed by atoms with E-state index in [1.807, 2.05) is 0 Å². The molecule has 172 valence electrons. The van der Waals surface area contributed by atoms with Crippen LogP contribution in [0.2, 0.25) is 4.34 Å². The molecule has 9 nitrogen and oxygen atoms in total. The maximum absolute atomic E-state index is 13.0. The smallest absolute Gasteiger partial charge is 0.247 e. The fourth-order valence-electron chi connectivity index (χ4n) is 3.62. The average molecular weight is 492 g/mol. The topological polar surface area (TPSA) is 105 Å². The number of halogens is 1. The highest BCUT2D eigenvalue weighted by molar-refractivity contribution is 7.92. The third-order valence-corrected chi connectivity index (χ3v) is 7.79. The summed E-state index contributed by atoms with van der Waals surface area (Å²) in [7, 11) is -2.41. The zero-order valence-corrected chi connectivity index (χ0v) is 19.8. The van der Waals surface area contributed by atoms with Crippen LogP contribution in [0.3, 0.4) is 0 Å². The van der Waals surface area contributed by atoms with Crippen LogP contribution in [0, 0.1) is 0 Å². The molecule has 0 aromatic carbocycles. The van der Waals surface area contributed by atoms with E-state index in [4.69, 9.17) is 21.1 Å². The molecule has 12 heteroatoms. The summed E-state index contributed by atoms with van der Waals surface area (Å²) in [5, 5.41) is 1.09. The summed E-state index contributed by atoms with van der Waals surface area (Å²) in [6, 6.07) is 1.70. The highest BCUT2D eigenvalue weighted by Gasteiger charge is 2.41. The number of hydrogen-bond donors (Lipinski definition) is 1. The quantitative estimate of drug-likeness (QED) is 0.585. The van der Waals surface area contributed by atoms with Crippen LogP contribution in [0.1, 0.15) is 18.2 Å². The molecule has 3 rings (SSSR count). The number of nitrogens with one attached hydrogen (secondary N) is 1. The summed E-state index contributed by atoms with van der Waals surface area (Å²) >= 11 is 7.18. The number of carbonyl (C=O) groups excluding carboxylic acids is 2. The minimum absolute atomic E-state index is 0.0412. The third-order valence-electron chi connectivity index (χ3n) is 5.15. The Kier molecular flexibility index (Phi) is 8.11. The van der Waals surface area contributed by atoms with Crippen LogP contribution >= 0.6 is 22.9 Å². The molecule has 31 heavy (non-hydrogen) atoms. The van der Waals surface area contributed by atoms with Crippen LogP contribution < -0.4 is 4.72 Å². The first-order valence-electron chi connectivity index (χ1n) is 9.84. The van der Waals surface area contributed by atoms with Gasteiger partial charge in [0.15, 0.2) is 0 Å². The van der Waals surface area contributed by atoms with Gasteiger partial charge in [-0.15, -0.1) is 11.3 Å². The van der Waals surface area contributed by atoms with E-state index in [0.717, 1.165) is 10.3 Å². The molecule has 0 radical (unpaired) electrons. The summed E-state index contributed by atoms with van der Waals surface area (Å²) in [4.78, 5) is 29.7. The van der Waals surface area contributed by atoms with Gasteiger partial charge >= 0.3 is 0 Å². The van der Waals surface area contributed by atoms with Gasteiger partial charge in [-0.2, -0.15) is 4.72 Å². The van der Waals surface area contributed by atoms with Crippen molar-refractivity contribution in [2.75, 3.05) is 46.6 Å². The average Bonchev–Trinajstić information content (AvgIpc) is 3.32. The highest BCUT2D eigenvalue weighted by atomic mass is 35.5. The van der Waals surface area contributed by atoms with E-state index in [1.54, 1.807) is 24.0 Å². The number of allylic oxidation sites excluding steroid dienone is 1. The molecule has 1 aromatic rings. The van der Waals surface area contributed by atoms with E-state index in [0.29, 0.717) is 36.2 Å². The molecule has 2 aliphatic rings. The molecule has 1 aromatic heterocycles. The molecule has 0 saturated carbocycles. The molecule has 3 heterocycles. The first-order valence-corrected chi connectivity index (χ1v) is 12.6. The van der Waals surface area contributed by atoms with Crippen LogP contribution in [0.4, 0.5) is 0 Å². The number of sulfonamides is 1. The van der Waals surface area contributed by atoms with E-state index in [1.165, 1.54) is 23.3 Å². The molecule has 0 spiro atoms.